The normalized spacial score (nSPS) is 13.8. The summed E-state index contributed by atoms with van der Waals surface area (Å²) in [5.74, 6) is -1.91. The molecule has 0 saturated heterocycles. The fraction of sp³-hybridized carbons (Fsp3) is 0.647. The van der Waals surface area contributed by atoms with Crippen molar-refractivity contribution in [2.24, 2.45) is 0 Å². The van der Waals surface area contributed by atoms with Crippen molar-refractivity contribution in [3.05, 3.63) is 35.4 Å². The summed E-state index contributed by atoms with van der Waals surface area (Å²) in [5, 5.41) is 0. The molecule has 1 aromatic rings. The number of hydrogen-bond donors (Lipinski definition) is 2. The molecule has 0 amide bonds. The lowest BCUT2D eigenvalue weighted by Crippen LogP contribution is -2.47. The van der Waals surface area contributed by atoms with Crippen LogP contribution in [0.1, 0.15) is 24.0 Å². The van der Waals surface area contributed by atoms with Gasteiger partial charge in [-0.25, -0.2) is 8.93 Å². The monoisotopic (exact) mass is 375 g/mol. The summed E-state index contributed by atoms with van der Waals surface area (Å²) in [6.07, 6.45) is 1.43. The lowest BCUT2D eigenvalue weighted by molar-refractivity contribution is -0.245. The number of ether oxygens (including phenoxy) is 4. The van der Waals surface area contributed by atoms with E-state index >= 15 is 0 Å². The predicted octanol–water partition coefficient (Wildman–Crippen LogP) is 2.02. The van der Waals surface area contributed by atoms with E-state index < -0.39 is 22.8 Å². The van der Waals surface area contributed by atoms with Gasteiger partial charge in [0, 0.05) is 47.7 Å². The Hall–Kier alpha value is -0.870. The highest BCUT2D eigenvalue weighted by Crippen LogP contribution is 2.29. The molecule has 0 radical (unpaired) electrons. The molecule has 0 aromatic heterocycles. The highest BCUT2D eigenvalue weighted by atomic mass is 32.2. The van der Waals surface area contributed by atoms with Gasteiger partial charge in [0.1, 0.15) is 0 Å². The highest BCUT2D eigenvalue weighted by Gasteiger charge is 2.37. The minimum absolute atomic E-state index is 0.0527. The predicted molar refractivity (Wildman–Crippen MR) is 96.4 cm³/mol. The molecule has 144 valence electrons. The summed E-state index contributed by atoms with van der Waals surface area (Å²) < 4.78 is 44.5. The van der Waals surface area contributed by atoms with Gasteiger partial charge in [-0.1, -0.05) is 29.8 Å². The van der Waals surface area contributed by atoms with Crippen LogP contribution in [0.5, 0.6) is 0 Å². The fourth-order valence-corrected chi connectivity index (χ4v) is 2.95. The smallest absolute Gasteiger partial charge is 0.231 e. The molecule has 0 bridgehead atoms. The first-order valence-corrected chi connectivity index (χ1v) is 9.05. The standard InChI is InChI=1S/C17H29NO6S/c1-14-6-8-15(9-7-14)12-16(21-2,22-3)10-11-17(23-4,24-5)13-18-25(19)20/h6-9,18H,10-13H2,1-5H3,(H,19,20). The number of benzene rings is 1. The van der Waals surface area contributed by atoms with Crippen molar-refractivity contribution in [1.82, 2.24) is 4.72 Å². The van der Waals surface area contributed by atoms with Gasteiger partial charge in [-0.15, -0.1) is 0 Å². The van der Waals surface area contributed by atoms with Crippen LogP contribution in [0.25, 0.3) is 0 Å². The third-order valence-electron chi connectivity index (χ3n) is 4.43. The molecule has 0 aliphatic heterocycles. The van der Waals surface area contributed by atoms with Gasteiger partial charge in [-0.05, 0) is 12.5 Å². The van der Waals surface area contributed by atoms with Gasteiger partial charge in [0.25, 0.3) is 0 Å². The Morgan fingerprint density at radius 3 is 1.88 bits per heavy atom. The zero-order chi connectivity index (χ0) is 18.9. The van der Waals surface area contributed by atoms with Crippen LogP contribution in [0.15, 0.2) is 24.3 Å². The van der Waals surface area contributed by atoms with E-state index in [2.05, 4.69) is 4.72 Å². The summed E-state index contributed by atoms with van der Waals surface area (Å²) in [6.45, 7) is 2.09. The summed E-state index contributed by atoms with van der Waals surface area (Å²) in [6, 6.07) is 8.16. The van der Waals surface area contributed by atoms with E-state index in [4.69, 9.17) is 23.5 Å². The summed E-state index contributed by atoms with van der Waals surface area (Å²) in [4.78, 5) is 0. The average molecular weight is 375 g/mol. The van der Waals surface area contributed by atoms with Crippen LogP contribution in [0.2, 0.25) is 0 Å². The second-order valence-corrected chi connectivity index (χ2v) is 6.66. The maximum Gasteiger partial charge on any atom is 0.231 e. The SMILES string of the molecule is COC(CCC(Cc1ccc(C)cc1)(OC)OC)(CNS(=O)O)OC. The first kappa shape index (κ1) is 22.2. The zero-order valence-corrected chi connectivity index (χ0v) is 16.4. The molecule has 0 spiro atoms. The molecule has 0 aliphatic carbocycles. The average Bonchev–Trinajstić information content (AvgIpc) is 2.63. The summed E-state index contributed by atoms with van der Waals surface area (Å²) >= 11 is -2.15. The minimum Gasteiger partial charge on any atom is -0.353 e. The largest absolute Gasteiger partial charge is 0.353 e. The lowest BCUT2D eigenvalue weighted by atomic mass is 9.96. The Labute approximate surface area is 152 Å². The maximum absolute atomic E-state index is 10.9. The maximum atomic E-state index is 10.9. The number of aryl methyl sites for hydroxylation is 1. The van der Waals surface area contributed by atoms with Crippen molar-refractivity contribution in [2.75, 3.05) is 35.0 Å². The van der Waals surface area contributed by atoms with Crippen LogP contribution in [0, 0.1) is 6.92 Å². The van der Waals surface area contributed by atoms with Crippen molar-refractivity contribution in [2.45, 2.75) is 37.8 Å². The summed E-state index contributed by atoms with van der Waals surface area (Å²) in [7, 11) is 6.18. The molecule has 0 heterocycles. The molecular formula is C17H29NO6S. The van der Waals surface area contributed by atoms with Crippen molar-refractivity contribution in [3.8, 4) is 0 Å². The molecule has 7 nitrogen and oxygen atoms in total. The van der Waals surface area contributed by atoms with E-state index in [1.54, 1.807) is 14.2 Å². The van der Waals surface area contributed by atoms with Gasteiger partial charge in [0.15, 0.2) is 11.6 Å². The number of hydrogen-bond acceptors (Lipinski definition) is 5. The molecule has 0 aliphatic rings. The van der Waals surface area contributed by atoms with Gasteiger partial charge in [0.05, 0.1) is 6.54 Å². The molecule has 0 saturated carbocycles. The van der Waals surface area contributed by atoms with Gasteiger partial charge in [-0.3, -0.25) is 4.55 Å². The van der Waals surface area contributed by atoms with E-state index in [-0.39, 0.29) is 6.54 Å². The van der Waals surface area contributed by atoms with Crippen molar-refractivity contribution >= 4 is 11.3 Å². The molecule has 0 fully saturated rings. The minimum atomic E-state index is -2.15. The van der Waals surface area contributed by atoms with Crippen molar-refractivity contribution < 1.29 is 27.7 Å². The van der Waals surface area contributed by atoms with E-state index in [1.807, 2.05) is 31.2 Å². The molecule has 1 atom stereocenters. The van der Waals surface area contributed by atoms with Gasteiger partial charge < -0.3 is 18.9 Å². The van der Waals surface area contributed by atoms with Crippen LogP contribution in [-0.4, -0.2) is 55.3 Å². The number of rotatable bonds is 12. The quantitative estimate of drug-likeness (QED) is 0.429. The molecular weight excluding hydrogens is 346 g/mol. The van der Waals surface area contributed by atoms with Gasteiger partial charge >= 0.3 is 0 Å². The van der Waals surface area contributed by atoms with Gasteiger partial charge in [-0.2, -0.15) is 0 Å². The van der Waals surface area contributed by atoms with Crippen LogP contribution in [0.3, 0.4) is 0 Å². The zero-order valence-electron chi connectivity index (χ0n) is 15.5. The van der Waals surface area contributed by atoms with Gasteiger partial charge in [0.2, 0.25) is 11.3 Å². The second kappa shape index (κ2) is 10.3. The highest BCUT2D eigenvalue weighted by molar-refractivity contribution is 7.77. The first-order chi connectivity index (χ1) is 11.8. The molecule has 1 aromatic carbocycles. The number of nitrogens with one attached hydrogen (secondary N) is 1. The first-order valence-electron chi connectivity index (χ1n) is 7.95. The Balaban J connectivity index is 2.86. The van der Waals surface area contributed by atoms with E-state index in [0.29, 0.717) is 19.3 Å². The molecule has 25 heavy (non-hydrogen) atoms. The molecule has 1 rings (SSSR count). The molecule has 1 unspecified atom stereocenters. The summed E-state index contributed by atoms with van der Waals surface area (Å²) in [5.41, 5.74) is 2.27. The van der Waals surface area contributed by atoms with E-state index in [9.17, 15) is 4.21 Å². The lowest BCUT2D eigenvalue weighted by Gasteiger charge is -2.36. The van der Waals surface area contributed by atoms with E-state index in [1.165, 1.54) is 19.8 Å². The topological polar surface area (TPSA) is 86.2 Å². The molecule has 2 N–H and O–H groups in total. The Kier molecular flexibility index (Phi) is 9.15. The van der Waals surface area contributed by atoms with Crippen LogP contribution < -0.4 is 4.72 Å². The fourth-order valence-electron chi connectivity index (χ4n) is 2.61. The van der Waals surface area contributed by atoms with Crippen LogP contribution >= 0.6 is 0 Å². The van der Waals surface area contributed by atoms with Crippen molar-refractivity contribution in [3.63, 3.8) is 0 Å². The Morgan fingerprint density at radius 1 is 0.960 bits per heavy atom. The van der Waals surface area contributed by atoms with Crippen molar-refractivity contribution in [1.29, 1.82) is 0 Å². The number of methoxy groups -OCH3 is 4. The van der Waals surface area contributed by atoms with Crippen LogP contribution in [-0.2, 0) is 36.6 Å². The third kappa shape index (κ3) is 6.74. The second-order valence-electron chi connectivity index (χ2n) is 5.87. The Morgan fingerprint density at radius 2 is 1.44 bits per heavy atom. The Bertz CT molecular complexity index is 528. The van der Waals surface area contributed by atoms with E-state index in [0.717, 1.165) is 5.56 Å². The third-order valence-corrected chi connectivity index (χ3v) is 4.83. The molecule has 8 heteroatoms. The van der Waals surface area contributed by atoms with Crippen LogP contribution in [0.4, 0.5) is 0 Å².